The van der Waals surface area contributed by atoms with Gasteiger partial charge in [-0.1, -0.05) is 18.2 Å². The van der Waals surface area contributed by atoms with E-state index in [1.165, 1.54) is 15.7 Å². The molecule has 0 aliphatic heterocycles. The number of para-hydroxylation sites is 2. The van der Waals surface area contributed by atoms with Gasteiger partial charge in [-0.3, -0.25) is 0 Å². The second-order valence-electron chi connectivity index (χ2n) is 16.2. The first-order valence-electron chi connectivity index (χ1n) is 21.7. The minimum atomic E-state index is -2.24. The van der Waals surface area contributed by atoms with E-state index in [9.17, 15) is 0 Å². The van der Waals surface area contributed by atoms with Gasteiger partial charge in [0.15, 0.2) is 0 Å². The molecule has 8 aromatic rings. The Balaban J connectivity index is 0.000000188. The molecule has 0 bridgehead atoms. The second kappa shape index (κ2) is 24.7. The quantitative estimate of drug-likeness (QED) is 0.0862. The van der Waals surface area contributed by atoms with Crippen LogP contribution in [-0.4, -0.2) is 66.8 Å². The summed E-state index contributed by atoms with van der Waals surface area (Å²) in [5, 5.41) is 43.5. The number of nitrogens with one attached hydrogen (secondary N) is 2. The van der Waals surface area contributed by atoms with Crippen LogP contribution < -0.4 is 33.2 Å². The molecule has 6 aromatic carbocycles. The monoisotopic (exact) mass is 1110 g/mol. The Morgan fingerprint density at radius 3 is 1.39 bits per heavy atom. The number of halogens is 1. The van der Waals surface area contributed by atoms with Crippen molar-refractivity contribution in [1.29, 1.82) is 21.0 Å². The van der Waals surface area contributed by atoms with Crippen molar-refractivity contribution in [3.63, 3.8) is 0 Å². The van der Waals surface area contributed by atoms with Gasteiger partial charge in [0.25, 0.3) is 0 Å². The molecule has 14 nitrogen and oxygen atoms in total. The number of anilines is 4. The van der Waals surface area contributed by atoms with Gasteiger partial charge in [0, 0.05) is 35.0 Å². The predicted octanol–water partition coefficient (Wildman–Crippen LogP) is 12.3. The summed E-state index contributed by atoms with van der Waals surface area (Å²) < 4.78 is 23.9. The summed E-state index contributed by atoms with van der Waals surface area (Å²) in [7, 11) is 6.34. The second-order valence-corrected chi connectivity index (χ2v) is 31.4. The van der Waals surface area contributed by atoms with Gasteiger partial charge in [0.05, 0.1) is 63.3 Å². The summed E-state index contributed by atoms with van der Waals surface area (Å²) in [6.45, 7) is 0. The van der Waals surface area contributed by atoms with E-state index < -0.39 is 18.4 Å². The van der Waals surface area contributed by atoms with E-state index in [2.05, 4.69) is 81.7 Å². The van der Waals surface area contributed by atoms with Crippen LogP contribution in [0, 0.1) is 45.3 Å². The van der Waals surface area contributed by atoms with Gasteiger partial charge in [-0.05, 0) is 87.7 Å². The molecule has 0 aliphatic carbocycles. The predicted molar refractivity (Wildman–Crippen MR) is 286 cm³/mol. The molecule has 352 valence electrons. The number of benzene rings is 6. The first-order chi connectivity index (χ1) is 34.4. The minimum absolute atomic E-state index is 0.422. The summed E-state index contributed by atoms with van der Waals surface area (Å²) in [5.74, 6) is 3.55. The van der Waals surface area contributed by atoms with Gasteiger partial charge in [-0.2, -0.15) is 15.8 Å². The van der Waals surface area contributed by atoms with Crippen LogP contribution in [0.15, 0.2) is 138 Å². The van der Waals surface area contributed by atoms with Crippen LogP contribution in [0.4, 0.5) is 23.3 Å². The van der Waals surface area contributed by atoms with Crippen molar-refractivity contribution in [2.75, 3.05) is 39.1 Å². The molecule has 0 fully saturated rings. The number of methoxy groups -OCH3 is 4. The molecule has 16 heteroatoms. The number of hydrogen-bond acceptors (Lipinski definition) is 14. The zero-order valence-electron chi connectivity index (χ0n) is 39.9. The third-order valence-electron chi connectivity index (χ3n) is 10.5. The Bertz CT molecular complexity index is 3370. The number of aromatic nitrogens is 4. The Morgan fingerprint density at radius 2 is 0.972 bits per heavy atom. The van der Waals surface area contributed by atoms with Gasteiger partial charge in [0.1, 0.15) is 27.5 Å². The fourth-order valence-electron chi connectivity index (χ4n) is 7.10. The molecule has 0 spiro atoms. The van der Waals surface area contributed by atoms with Crippen LogP contribution >= 0.6 is 15.9 Å². The van der Waals surface area contributed by atoms with Crippen LogP contribution in [0.3, 0.4) is 0 Å². The Kier molecular flexibility index (Phi) is 18.1. The van der Waals surface area contributed by atoms with Crippen molar-refractivity contribution >= 4 is 95.1 Å². The molecule has 0 saturated heterocycles. The summed E-state index contributed by atoms with van der Waals surface area (Å²) >= 11 is 1.12. The van der Waals surface area contributed by atoms with Crippen molar-refractivity contribution in [3.05, 3.63) is 160 Å². The average Bonchev–Trinajstić information content (AvgIpc) is 3.39. The number of hydrogen-bond donors (Lipinski definition) is 2. The third kappa shape index (κ3) is 13.4. The molecule has 2 aromatic heterocycles. The molecule has 71 heavy (non-hydrogen) atoms. The number of rotatable bonds is 12. The Morgan fingerprint density at radius 1 is 0.549 bits per heavy atom. The molecule has 8 rings (SSSR count). The first kappa shape index (κ1) is 51.9. The molecule has 0 amide bonds. The average molecular weight is 1110 g/mol. The van der Waals surface area contributed by atoms with Gasteiger partial charge >= 0.3 is 140 Å². The fourth-order valence-corrected chi connectivity index (χ4v) is 12.0. The molecule has 0 unspecified atom stereocenters. The number of ether oxygens (including phenoxy) is 4. The van der Waals surface area contributed by atoms with Crippen molar-refractivity contribution in [3.8, 4) is 58.4 Å². The number of nitrogens with zero attached hydrogens (tertiary/aromatic N) is 8. The van der Waals surface area contributed by atoms with Crippen LogP contribution in [0.5, 0.6) is 23.0 Å². The standard InChI is InChI=1S/C26H19N5O2.C15H9N4.C11H10BrNO2.3CH3.Sn/c1-32-22-13-18(5-4-12-27)14-23(33-2)24(22)21-7-3-6-19-16-29-26(31-25(19)21)30-20-10-8-17(15-28)9-11-20;16-9-11-5-7-13(8-6-11)18-15-17-10-12-3-1-2-4-14(12)19-15;1-14-9-6-8(4-3-5-13)7-10(15-2)11(9)12;;;;/h3-11,13-14,16H,1-2H3,(H,29,30,31);1-3,5-8,10H,(H,17,18,19);3-4,6-7H,1-2H3;3*1H3;/b5-4+;;4-3+;;;;. The zero-order valence-corrected chi connectivity index (χ0v) is 44.4. The fraction of sp³-hybridized carbons (Fsp3) is 0.127. The van der Waals surface area contributed by atoms with E-state index >= 15 is 0 Å². The van der Waals surface area contributed by atoms with E-state index in [0.717, 1.165) is 59.9 Å². The molecular formula is C55H47BrN10O4Sn. The van der Waals surface area contributed by atoms with E-state index in [4.69, 9.17) is 50.0 Å². The summed E-state index contributed by atoms with van der Waals surface area (Å²) in [6, 6.07) is 42.0. The van der Waals surface area contributed by atoms with E-state index in [1.54, 1.807) is 83.2 Å². The van der Waals surface area contributed by atoms with Crippen molar-refractivity contribution in [1.82, 2.24) is 19.9 Å². The topological polar surface area (TPSA) is 208 Å². The van der Waals surface area contributed by atoms with E-state index in [0.29, 0.717) is 46.0 Å². The molecular weight excluding hydrogens is 1060 g/mol. The van der Waals surface area contributed by atoms with E-state index in [1.807, 2.05) is 72.9 Å². The van der Waals surface area contributed by atoms with Crippen molar-refractivity contribution in [2.24, 2.45) is 0 Å². The SMILES string of the molecule is COc1cc(/C=C/C#N)cc(OC)c1-c1cccc2cnc(Nc3ccc(C#N)cc3)nc12.COc1cc(/C=C/C#N)cc(OC)c1Br.[CH3][Sn]([CH3])([CH3])[c]1cccc2cnc(Nc3ccc(C#N)cc3)nc12. The van der Waals surface area contributed by atoms with E-state index in [-0.39, 0.29) is 0 Å². The number of fused-ring (bicyclic) bond motifs is 2. The summed E-state index contributed by atoms with van der Waals surface area (Å²) in [4.78, 5) is 25.5. The van der Waals surface area contributed by atoms with Gasteiger partial charge in [0.2, 0.25) is 5.95 Å². The van der Waals surface area contributed by atoms with Gasteiger partial charge in [-0.25, -0.2) is 9.97 Å². The Labute approximate surface area is 425 Å². The molecule has 0 radical (unpaired) electrons. The number of nitriles is 4. The summed E-state index contributed by atoms with van der Waals surface area (Å²) in [6.07, 6.45) is 9.82. The zero-order chi connectivity index (χ0) is 50.9. The number of allylic oxidation sites excluding steroid dienone is 2. The van der Waals surface area contributed by atoms with Crippen LogP contribution in [-0.2, 0) is 0 Å². The van der Waals surface area contributed by atoms with Crippen molar-refractivity contribution < 1.29 is 18.9 Å². The summed E-state index contributed by atoms with van der Waals surface area (Å²) in [5.41, 5.74) is 7.86. The normalized spacial score (nSPS) is 10.6. The van der Waals surface area contributed by atoms with Gasteiger partial charge in [-0.15, -0.1) is 0 Å². The Hall–Kier alpha value is -8.48. The molecule has 0 saturated carbocycles. The van der Waals surface area contributed by atoms with Crippen molar-refractivity contribution in [2.45, 2.75) is 14.8 Å². The van der Waals surface area contributed by atoms with Crippen LogP contribution in [0.1, 0.15) is 22.3 Å². The van der Waals surface area contributed by atoms with Crippen LogP contribution in [0.2, 0.25) is 14.8 Å². The maximum absolute atomic E-state index is 8.99. The molecule has 2 heterocycles. The third-order valence-corrected chi connectivity index (χ3v) is 17.1. The van der Waals surface area contributed by atoms with Crippen LogP contribution in [0.25, 0.3) is 45.1 Å². The maximum atomic E-state index is 8.99. The molecule has 0 atom stereocenters. The first-order valence-corrected chi connectivity index (χ1v) is 32.5. The molecule has 0 aliphatic rings. The molecule has 2 N–H and O–H groups in total. The van der Waals surface area contributed by atoms with Gasteiger partial charge < -0.3 is 24.3 Å².